The fourth-order valence-electron chi connectivity index (χ4n) is 6.26. The van der Waals surface area contributed by atoms with E-state index in [0.29, 0.717) is 23.2 Å². The molecule has 0 spiro atoms. The quantitative estimate of drug-likeness (QED) is 0.396. The van der Waals surface area contributed by atoms with E-state index in [4.69, 9.17) is 4.74 Å². The Balaban J connectivity index is 1.12. The molecule has 0 unspecified atom stereocenters. The lowest BCUT2D eigenvalue weighted by Crippen LogP contribution is -2.32. The average molecular weight is 462 g/mol. The minimum Gasteiger partial charge on any atom is -0.426 e. The minimum absolute atomic E-state index is 0.0101. The van der Waals surface area contributed by atoms with E-state index in [2.05, 4.69) is 0 Å². The number of imide groups is 1. The summed E-state index contributed by atoms with van der Waals surface area (Å²) in [5, 5.41) is 0. The van der Waals surface area contributed by atoms with Gasteiger partial charge < -0.3 is 9.64 Å². The fourth-order valence-corrected chi connectivity index (χ4v) is 6.26. The highest BCUT2D eigenvalue weighted by atomic mass is 19.1. The summed E-state index contributed by atoms with van der Waals surface area (Å²) in [4.78, 5) is 53.7. The Hall–Kier alpha value is -3.55. The third-order valence-electron chi connectivity index (χ3n) is 7.84. The Bertz CT molecular complexity index is 1170. The molecular formula is C26H23FN2O5. The summed E-state index contributed by atoms with van der Waals surface area (Å²) in [6.45, 7) is 0.156. The first kappa shape index (κ1) is 21.0. The van der Waals surface area contributed by atoms with Crippen LogP contribution >= 0.6 is 0 Å². The standard InChI is InChI=1S/C26H23FN2O5/c27-17-3-5-18(6-4-17)28-13-16(12-21(28)30)26(33)34-20-9-7-19(8-10-20)29-24(31)22-14-1-2-15(11-14)23(22)25(29)32/h3-10,14-16,22-23H,1-2,11-13H2/t14-,15-,16+,22+,23+/m0/s1. The van der Waals surface area contributed by atoms with Gasteiger partial charge in [0, 0.05) is 18.7 Å². The number of halogens is 1. The van der Waals surface area contributed by atoms with Crippen molar-refractivity contribution in [2.75, 3.05) is 16.3 Å². The molecule has 2 saturated carbocycles. The number of hydrogen-bond donors (Lipinski definition) is 0. The van der Waals surface area contributed by atoms with Gasteiger partial charge in [-0.15, -0.1) is 0 Å². The van der Waals surface area contributed by atoms with Gasteiger partial charge in [-0.25, -0.2) is 4.39 Å². The zero-order valence-electron chi connectivity index (χ0n) is 18.4. The first-order valence-electron chi connectivity index (χ1n) is 11.7. The van der Waals surface area contributed by atoms with Gasteiger partial charge in [0.15, 0.2) is 0 Å². The molecule has 0 radical (unpaired) electrons. The number of hydrogen-bond acceptors (Lipinski definition) is 5. The molecule has 7 nitrogen and oxygen atoms in total. The SMILES string of the molecule is O=C(Oc1ccc(N2C(=O)[C@@H]3[C@H]4CC[C@@H](C4)[C@H]3C2=O)cc1)[C@@H]1CC(=O)N(c2ccc(F)cc2)C1. The van der Waals surface area contributed by atoms with Crippen LogP contribution in [0.1, 0.15) is 25.7 Å². The predicted molar refractivity (Wildman–Crippen MR) is 119 cm³/mol. The van der Waals surface area contributed by atoms with Crippen LogP contribution in [0.15, 0.2) is 48.5 Å². The number of nitrogens with zero attached hydrogens (tertiary/aromatic N) is 2. The van der Waals surface area contributed by atoms with Gasteiger partial charge in [0.05, 0.1) is 23.4 Å². The number of fused-ring (bicyclic) bond motifs is 5. The molecule has 2 heterocycles. The van der Waals surface area contributed by atoms with Crippen LogP contribution in [0.5, 0.6) is 5.75 Å². The van der Waals surface area contributed by atoms with Crippen LogP contribution in [0.3, 0.4) is 0 Å². The summed E-state index contributed by atoms with van der Waals surface area (Å²) < 4.78 is 18.6. The van der Waals surface area contributed by atoms with E-state index in [9.17, 15) is 23.6 Å². The Labute approximate surface area is 195 Å². The van der Waals surface area contributed by atoms with Gasteiger partial charge in [-0.2, -0.15) is 0 Å². The van der Waals surface area contributed by atoms with Gasteiger partial charge in [0.2, 0.25) is 17.7 Å². The largest absolute Gasteiger partial charge is 0.426 e. The number of esters is 1. The van der Waals surface area contributed by atoms with Gasteiger partial charge >= 0.3 is 5.97 Å². The van der Waals surface area contributed by atoms with Crippen LogP contribution in [0.25, 0.3) is 0 Å². The van der Waals surface area contributed by atoms with Crippen LogP contribution in [-0.4, -0.2) is 30.2 Å². The van der Waals surface area contributed by atoms with Crippen molar-refractivity contribution in [3.8, 4) is 5.75 Å². The molecule has 2 aliphatic carbocycles. The van der Waals surface area contributed by atoms with Gasteiger partial charge in [-0.05, 0) is 79.6 Å². The highest BCUT2D eigenvalue weighted by Crippen LogP contribution is 2.56. The number of carbonyl (C=O) groups excluding carboxylic acids is 4. The van der Waals surface area contributed by atoms with E-state index in [1.54, 1.807) is 24.3 Å². The Morgan fingerprint density at radius 2 is 1.44 bits per heavy atom. The monoisotopic (exact) mass is 462 g/mol. The number of amides is 3. The summed E-state index contributed by atoms with van der Waals surface area (Å²) in [6.07, 6.45) is 3.04. The normalized spacial score (nSPS) is 29.8. The second kappa shape index (κ2) is 7.75. The van der Waals surface area contributed by atoms with Crippen LogP contribution in [0, 0.1) is 35.4 Å². The van der Waals surface area contributed by atoms with Crippen LogP contribution in [0.4, 0.5) is 15.8 Å². The molecule has 5 atom stereocenters. The third-order valence-corrected chi connectivity index (χ3v) is 7.84. The molecule has 2 saturated heterocycles. The van der Waals surface area contributed by atoms with Gasteiger partial charge in [0.25, 0.3) is 0 Å². The fraction of sp³-hybridized carbons (Fsp3) is 0.385. The number of rotatable bonds is 4. The second-order valence-electron chi connectivity index (χ2n) is 9.69. The highest BCUT2D eigenvalue weighted by molar-refractivity contribution is 6.22. The zero-order valence-corrected chi connectivity index (χ0v) is 18.4. The molecule has 2 aromatic carbocycles. The minimum atomic E-state index is -0.645. The first-order chi connectivity index (χ1) is 16.4. The predicted octanol–water partition coefficient (Wildman–Crippen LogP) is 3.32. The second-order valence-corrected chi connectivity index (χ2v) is 9.69. The molecule has 2 aromatic rings. The zero-order chi connectivity index (χ0) is 23.6. The third kappa shape index (κ3) is 3.23. The van der Waals surface area contributed by atoms with Crippen molar-refractivity contribution in [1.29, 1.82) is 0 Å². The van der Waals surface area contributed by atoms with Crippen LogP contribution < -0.4 is 14.5 Å². The van der Waals surface area contributed by atoms with E-state index in [1.807, 2.05) is 0 Å². The van der Waals surface area contributed by atoms with E-state index in [1.165, 1.54) is 34.1 Å². The molecule has 174 valence electrons. The summed E-state index contributed by atoms with van der Waals surface area (Å²) in [7, 11) is 0. The molecule has 8 heteroatoms. The Kier molecular flexibility index (Phi) is 4.79. The van der Waals surface area contributed by atoms with Crippen molar-refractivity contribution in [3.05, 3.63) is 54.3 Å². The lowest BCUT2D eigenvalue weighted by molar-refractivity contribution is -0.139. The van der Waals surface area contributed by atoms with Gasteiger partial charge in [0.1, 0.15) is 11.6 Å². The maximum Gasteiger partial charge on any atom is 0.316 e. The van der Waals surface area contributed by atoms with Crippen LogP contribution in [-0.2, 0) is 19.2 Å². The summed E-state index contributed by atoms with van der Waals surface area (Å²) in [5.41, 5.74) is 1.02. The van der Waals surface area contributed by atoms with Crippen molar-refractivity contribution in [1.82, 2.24) is 0 Å². The van der Waals surface area contributed by atoms with E-state index in [-0.39, 0.29) is 48.3 Å². The molecular weight excluding hydrogens is 439 g/mol. The molecule has 2 bridgehead atoms. The van der Waals surface area contributed by atoms with Crippen molar-refractivity contribution in [2.45, 2.75) is 25.7 Å². The maximum absolute atomic E-state index is 13.2. The Morgan fingerprint density at radius 3 is 2.06 bits per heavy atom. The summed E-state index contributed by atoms with van der Waals surface area (Å²) >= 11 is 0. The van der Waals surface area contributed by atoms with Gasteiger partial charge in [-0.1, -0.05) is 0 Å². The number of ether oxygens (including phenoxy) is 1. The van der Waals surface area contributed by atoms with Crippen LogP contribution in [0.2, 0.25) is 0 Å². The molecule has 6 rings (SSSR count). The highest BCUT2D eigenvalue weighted by Gasteiger charge is 2.61. The van der Waals surface area contributed by atoms with Crippen molar-refractivity contribution in [3.63, 3.8) is 0 Å². The van der Waals surface area contributed by atoms with E-state index < -0.39 is 17.7 Å². The first-order valence-corrected chi connectivity index (χ1v) is 11.7. The van der Waals surface area contributed by atoms with Crippen molar-refractivity contribution >= 4 is 35.1 Å². The molecule has 0 aromatic heterocycles. The molecule has 4 aliphatic rings. The topological polar surface area (TPSA) is 84.0 Å². The Morgan fingerprint density at radius 1 is 0.853 bits per heavy atom. The van der Waals surface area contributed by atoms with Gasteiger partial charge in [-0.3, -0.25) is 24.1 Å². The van der Waals surface area contributed by atoms with Crippen molar-refractivity contribution in [2.24, 2.45) is 29.6 Å². The van der Waals surface area contributed by atoms with E-state index >= 15 is 0 Å². The molecule has 34 heavy (non-hydrogen) atoms. The number of carbonyl (C=O) groups is 4. The summed E-state index contributed by atoms with van der Waals surface area (Å²) in [5.74, 6) is -1.49. The lowest BCUT2D eigenvalue weighted by atomic mass is 9.81. The lowest BCUT2D eigenvalue weighted by Gasteiger charge is -2.19. The molecule has 0 N–H and O–H groups in total. The maximum atomic E-state index is 13.2. The number of anilines is 2. The molecule has 3 amide bonds. The number of benzene rings is 2. The molecule has 2 aliphatic heterocycles. The smallest absolute Gasteiger partial charge is 0.316 e. The molecule has 4 fully saturated rings. The average Bonchev–Trinajstić information content (AvgIpc) is 3.59. The summed E-state index contributed by atoms with van der Waals surface area (Å²) in [6, 6.07) is 11.9. The van der Waals surface area contributed by atoms with Crippen molar-refractivity contribution < 1.29 is 28.3 Å². The van der Waals surface area contributed by atoms with E-state index in [0.717, 1.165) is 19.3 Å².